The first-order chi connectivity index (χ1) is 9.59. The number of aromatic carboxylic acids is 1. The largest absolute Gasteiger partial charge is 0.505 e. The van der Waals surface area contributed by atoms with Crippen LogP contribution in [0.25, 0.3) is 16.6 Å². The number of halogens is 1. The molecule has 3 rings (SSSR count). The van der Waals surface area contributed by atoms with E-state index in [0.29, 0.717) is 21.6 Å². The highest BCUT2D eigenvalue weighted by Gasteiger charge is 2.23. The second kappa shape index (κ2) is 4.58. The summed E-state index contributed by atoms with van der Waals surface area (Å²) in [5, 5.41) is 20.4. The number of fused-ring (bicyclic) bond motifs is 1. The van der Waals surface area contributed by atoms with E-state index in [1.165, 1.54) is 4.57 Å². The maximum Gasteiger partial charge on any atom is 0.356 e. The Morgan fingerprint density at radius 1 is 1.10 bits per heavy atom. The predicted molar refractivity (Wildman–Crippen MR) is 76.9 cm³/mol. The zero-order valence-electron chi connectivity index (χ0n) is 10.2. The fourth-order valence-corrected chi connectivity index (χ4v) is 2.46. The molecule has 20 heavy (non-hydrogen) atoms. The van der Waals surface area contributed by atoms with E-state index in [1.54, 1.807) is 42.5 Å². The zero-order valence-corrected chi connectivity index (χ0v) is 11.0. The maximum absolute atomic E-state index is 11.5. The van der Waals surface area contributed by atoms with E-state index in [4.69, 9.17) is 11.6 Å². The highest BCUT2D eigenvalue weighted by Crippen LogP contribution is 2.36. The SMILES string of the molecule is O=C(O)c1c(O)c2cc(Cl)ccc2n1-c1ccccc1. The number of carbonyl (C=O) groups is 1. The normalized spacial score (nSPS) is 10.8. The summed E-state index contributed by atoms with van der Waals surface area (Å²) in [6.07, 6.45) is 0. The van der Waals surface area contributed by atoms with Crippen molar-refractivity contribution in [1.29, 1.82) is 0 Å². The van der Waals surface area contributed by atoms with Crippen LogP contribution in [0.2, 0.25) is 5.02 Å². The first-order valence-corrected chi connectivity index (χ1v) is 6.29. The van der Waals surface area contributed by atoms with Crippen molar-refractivity contribution < 1.29 is 15.0 Å². The Morgan fingerprint density at radius 2 is 1.80 bits per heavy atom. The van der Waals surface area contributed by atoms with Crippen LogP contribution in [0, 0.1) is 0 Å². The van der Waals surface area contributed by atoms with Gasteiger partial charge < -0.3 is 14.8 Å². The molecule has 3 aromatic rings. The summed E-state index contributed by atoms with van der Waals surface area (Å²) in [5.74, 6) is -1.47. The summed E-state index contributed by atoms with van der Waals surface area (Å²) in [4.78, 5) is 11.5. The van der Waals surface area contributed by atoms with Crippen LogP contribution in [0.1, 0.15) is 10.5 Å². The number of carboxylic acids is 1. The second-order valence-corrected chi connectivity index (χ2v) is 4.77. The number of nitrogens with zero attached hydrogens (tertiary/aromatic N) is 1. The van der Waals surface area contributed by atoms with Gasteiger partial charge in [0.2, 0.25) is 0 Å². The van der Waals surface area contributed by atoms with E-state index < -0.39 is 5.97 Å². The van der Waals surface area contributed by atoms with Crippen molar-refractivity contribution in [3.8, 4) is 11.4 Å². The molecule has 1 heterocycles. The molecule has 0 aliphatic heterocycles. The molecule has 0 saturated heterocycles. The first kappa shape index (κ1) is 12.6. The summed E-state index contributed by atoms with van der Waals surface area (Å²) in [7, 11) is 0. The summed E-state index contributed by atoms with van der Waals surface area (Å²) in [5.41, 5.74) is 1.08. The molecule has 1 aromatic heterocycles. The Labute approximate surface area is 119 Å². The molecule has 2 N–H and O–H groups in total. The van der Waals surface area contributed by atoms with Gasteiger partial charge in [-0.1, -0.05) is 29.8 Å². The maximum atomic E-state index is 11.5. The van der Waals surface area contributed by atoms with Gasteiger partial charge in [0.15, 0.2) is 11.4 Å². The molecule has 0 amide bonds. The molecule has 4 nitrogen and oxygen atoms in total. The van der Waals surface area contributed by atoms with E-state index >= 15 is 0 Å². The number of aromatic nitrogens is 1. The van der Waals surface area contributed by atoms with Gasteiger partial charge in [-0.2, -0.15) is 0 Å². The van der Waals surface area contributed by atoms with Crippen molar-refractivity contribution in [1.82, 2.24) is 4.57 Å². The molecule has 0 fully saturated rings. The smallest absolute Gasteiger partial charge is 0.356 e. The van der Waals surface area contributed by atoms with Gasteiger partial charge >= 0.3 is 5.97 Å². The Bertz CT molecular complexity index is 809. The number of aromatic hydroxyl groups is 1. The minimum Gasteiger partial charge on any atom is -0.505 e. The fraction of sp³-hybridized carbons (Fsp3) is 0. The van der Waals surface area contributed by atoms with Gasteiger partial charge in [-0.15, -0.1) is 0 Å². The quantitative estimate of drug-likeness (QED) is 0.755. The number of rotatable bonds is 2. The van der Waals surface area contributed by atoms with Crippen molar-refractivity contribution >= 4 is 28.5 Å². The average molecular weight is 288 g/mol. The number of para-hydroxylation sites is 1. The number of benzene rings is 2. The van der Waals surface area contributed by atoms with E-state index in [2.05, 4.69) is 0 Å². The van der Waals surface area contributed by atoms with Crippen LogP contribution >= 0.6 is 11.6 Å². The predicted octanol–water partition coefficient (Wildman–Crippen LogP) is 3.69. The lowest BCUT2D eigenvalue weighted by molar-refractivity contribution is 0.0685. The van der Waals surface area contributed by atoms with Crippen LogP contribution in [0.3, 0.4) is 0 Å². The van der Waals surface area contributed by atoms with Crippen LogP contribution in [0.15, 0.2) is 48.5 Å². The molecule has 0 aliphatic rings. The Kier molecular flexibility index (Phi) is 2.88. The van der Waals surface area contributed by atoms with Crippen LogP contribution in [-0.4, -0.2) is 20.7 Å². The Hall–Kier alpha value is -2.46. The van der Waals surface area contributed by atoms with Crippen molar-refractivity contribution in [2.75, 3.05) is 0 Å². The second-order valence-electron chi connectivity index (χ2n) is 4.33. The van der Waals surface area contributed by atoms with Gasteiger partial charge in [-0.3, -0.25) is 0 Å². The molecule has 2 aromatic carbocycles. The summed E-state index contributed by atoms with van der Waals surface area (Å²) in [6, 6.07) is 13.9. The third-order valence-electron chi connectivity index (χ3n) is 3.12. The van der Waals surface area contributed by atoms with Gasteiger partial charge in [-0.25, -0.2) is 4.79 Å². The van der Waals surface area contributed by atoms with Gasteiger partial charge in [0.25, 0.3) is 0 Å². The summed E-state index contributed by atoms with van der Waals surface area (Å²) < 4.78 is 1.50. The van der Waals surface area contributed by atoms with Crippen LogP contribution < -0.4 is 0 Å². The lowest BCUT2D eigenvalue weighted by Crippen LogP contribution is -2.06. The monoisotopic (exact) mass is 287 g/mol. The van der Waals surface area contributed by atoms with E-state index in [9.17, 15) is 15.0 Å². The van der Waals surface area contributed by atoms with Crippen molar-refractivity contribution in [3.05, 3.63) is 59.2 Å². The van der Waals surface area contributed by atoms with Crippen LogP contribution in [0.4, 0.5) is 0 Å². The topological polar surface area (TPSA) is 62.5 Å². The molecule has 0 unspecified atom stereocenters. The fourth-order valence-electron chi connectivity index (χ4n) is 2.29. The van der Waals surface area contributed by atoms with Gasteiger partial charge in [0, 0.05) is 16.1 Å². The molecule has 0 radical (unpaired) electrons. The van der Waals surface area contributed by atoms with Crippen molar-refractivity contribution in [2.24, 2.45) is 0 Å². The molecule has 0 spiro atoms. The summed E-state index contributed by atoms with van der Waals surface area (Å²) in [6.45, 7) is 0. The number of hydrogen-bond acceptors (Lipinski definition) is 2. The van der Waals surface area contributed by atoms with Gasteiger partial charge in [-0.05, 0) is 30.3 Å². The standard InChI is InChI=1S/C15H10ClNO3/c16-9-6-7-12-11(8-9)14(18)13(15(19)20)17(12)10-4-2-1-3-5-10/h1-8,18H,(H,19,20). The van der Waals surface area contributed by atoms with Crippen molar-refractivity contribution in [3.63, 3.8) is 0 Å². The van der Waals surface area contributed by atoms with Crippen molar-refractivity contribution in [2.45, 2.75) is 0 Å². The molecule has 0 saturated carbocycles. The van der Waals surface area contributed by atoms with Crippen LogP contribution in [0.5, 0.6) is 5.75 Å². The lowest BCUT2D eigenvalue weighted by Gasteiger charge is -2.07. The number of hydrogen-bond donors (Lipinski definition) is 2. The highest BCUT2D eigenvalue weighted by atomic mass is 35.5. The molecule has 0 atom stereocenters. The van der Waals surface area contributed by atoms with E-state index in [-0.39, 0.29) is 11.4 Å². The first-order valence-electron chi connectivity index (χ1n) is 5.91. The van der Waals surface area contributed by atoms with E-state index in [1.807, 2.05) is 6.07 Å². The lowest BCUT2D eigenvalue weighted by atomic mass is 10.2. The van der Waals surface area contributed by atoms with E-state index in [0.717, 1.165) is 0 Å². The van der Waals surface area contributed by atoms with Gasteiger partial charge in [0.1, 0.15) is 0 Å². The molecule has 5 heteroatoms. The third kappa shape index (κ3) is 1.82. The minimum absolute atomic E-state index is 0.173. The summed E-state index contributed by atoms with van der Waals surface area (Å²) >= 11 is 5.91. The molecular formula is C15H10ClNO3. The van der Waals surface area contributed by atoms with Gasteiger partial charge in [0.05, 0.1) is 5.52 Å². The van der Waals surface area contributed by atoms with Crippen LogP contribution in [-0.2, 0) is 0 Å². The molecule has 100 valence electrons. The Morgan fingerprint density at radius 3 is 2.45 bits per heavy atom. The number of carboxylic acid groups (broad SMARTS) is 1. The zero-order chi connectivity index (χ0) is 14.3. The molecule has 0 aliphatic carbocycles. The average Bonchev–Trinajstić information content (AvgIpc) is 2.73. The third-order valence-corrected chi connectivity index (χ3v) is 3.35. The molecule has 0 bridgehead atoms. The minimum atomic E-state index is -1.20. The molecular weight excluding hydrogens is 278 g/mol. The highest BCUT2D eigenvalue weighted by molar-refractivity contribution is 6.31. The Balaban J connectivity index is 2.46.